The van der Waals surface area contributed by atoms with E-state index in [1.54, 1.807) is 6.07 Å². The van der Waals surface area contributed by atoms with Gasteiger partial charge in [0.1, 0.15) is 5.82 Å². The number of morpholine rings is 1. The number of aromatic nitrogens is 2. The van der Waals surface area contributed by atoms with E-state index in [0.717, 1.165) is 24.3 Å². The normalized spacial score (nSPS) is 20.2. The summed E-state index contributed by atoms with van der Waals surface area (Å²) in [7, 11) is 0. The van der Waals surface area contributed by atoms with E-state index in [1.165, 1.54) is 23.7 Å². The molecule has 1 atom stereocenters. The van der Waals surface area contributed by atoms with Gasteiger partial charge < -0.3 is 4.74 Å². The first kappa shape index (κ1) is 13.9. The van der Waals surface area contributed by atoms with Gasteiger partial charge in [0.2, 0.25) is 0 Å². The molecule has 1 saturated heterocycles. The van der Waals surface area contributed by atoms with E-state index >= 15 is 0 Å². The number of nitrogens with zero attached hydrogens (tertiary/aromatic N) is 3. The minimum Gasteiger partial charge on any atom is -0.371 e. The molecule has 0 aliphatic carbocycles. The Bertz CT molecular complexity index is 581. The summed E-state index contributed by atoms with van der Waals surface area (Å²) in [5, 5.41) is 6.40. The quantitative estimate of drug-likeness (QED) is 0.873. The van der Waals surface area contributed by atoms with Crippen molar-refractivity contribution < 1.29 is 9.13 Å². The molecule has 4 nitrogen and oxygen atoms in total. The molecule has 1 aliphatic rings. The van der Waals surface area contributed by atoms with Crippen LogP contribution in [0, 0.1) is 5.82 Å². The molecule has 1 fully saturated rings. The molecule has 0 saturated carbocycles. The summed E-state index contributed by atoms with van der Waals surface area (Å²) in [6.45, 7) is 2.92. The van der Waals surface area contributed by atoms with Crippen molar-refractivity contribution in [3.05, 3.63) is 45.7 Å². The second-order valence-corrected chi connectivity index (χ2v) is 5.67. The van der Waals surface area contributed by atoms with Crippen LogP contribution in [-0.4, -0.2) is 34.2 Å². The zero-order valence-electron chi connectivity index (χ0n) is 10.6. The maximum absolute atomic E-state index is 13.1. The van der Waals surface area contributed by atoms with Crippen molar-refractivity contribution in [1.29, 1.82) is 0 Å². The van der Waals surface area contributed by atoms with Gasteiger partial charge in [-0.05, 0) is 23.7 Å². The summed E-state index contributed by atoms with van der Waals surface area (Å²) in [6.07, 6.45) is -0.136. The van der Waals surface area contributed by atoms with E-state index in [0.29, 0.717) is 18.2 Å². The molecule has 1 aliphatic heterocycles. The van der Waals surface area contributed by atoms with E-state index in [1.807, 2.05) is 5.38 Å². The Kier molecular flexibility index (Phi) is 4.26. The minimum absolute atomic E-state index is 0.136. The average Bonchev–Trinajstić information content (AvgIpc) is 2.92. The molecule has 106 valence electrons. The molecule has 0 radical (unpaired) electrons. The zero-order chi connectivity index (χ0) is 13.9. The van der Waals surface area contributed by atoms with E-state index in [-0.39, 0.29) is 11.9 Å². The fraction of sp³-hybridized carbons (Fsp3) is 0.385. The lowest BCUT2D eigenvalue weighted by molar-refractivity contribution is -0.0332. The van der Waals surface area contributed by atoms with Crippen molar-refractivity contribution in [2.45, 2.75) is 12.6 Å². The van der Waals surface area contributed by atoms with Gasteiger partial charge in [0.15, 0.2) is 0 Å². The van der Waals surface area contributed by atoms with Crippen LogP contribution in [0.1, 0.15) is 17.4 Å². The van der Waals surface area contributed by atoms with Crippen molar-refractivity contribution in [2.24, 2.45) is 0 Å². The minimum atomic E-state index is -0.333. The maximum atomic E-state index is 13.1. The molecule has 20 heavy (non-hydrogen) atoms. The van der Waals surface area contributed by atoms with Crippen LogP contribution in [-0.2, 0) is 11.3 Å². The molecule has 1 aromatic carbocycles. The zero-order valence-corrected chi connectivity index (χ0v) is 12.2. The molecule has 2 heterocycles. The van der Waals surface area contributed by atoms with Crippen LogP contribution in [0.25, 0.3) is 0 Å². The lowest BCUT2D eigenvalue weighted by Gasteiger charge is -2.33. The number of ether oxygens (including phenoxy) is 1. The molecule has 0 unspecified atom stereocenters. The number of hydrogen-bond donors (Lipinski definition) is 0. The third kappa shape index (κ3) is 3.15. The second-order valence-electron chi connectivity index (χ2n) is 4.66. The Morgan fingerprint density at radius 3 is 3.15 bits per heavy atom. The molecule has 1 aromatic heterocycles. The topological polar surface area (TPSA) is 38.2 Å². The van der Waals surface area contributed by atoms with E-state index in [9.17, 15) is 4.39 Å². The number of hydrogen-bond acceptors (Lipinski definition) is 5. The predicted octanol–water partition coefficient (Wildman–Crippen LogP) is 2.90. The largest absolute Gasteiger partial charge is 0.371 e. The number of benzene rings is 1. The molecule has 0 N–H and O–H groups in total. The molecular formula is C13H13ClFN3OS. The second kappa shape index (κ2) is 6.13. The number of rotatable bonds is 3. The smallest absolute Gasteiger partial charge is 0.124 e. The van der Waals surface area contributed by atoms with Gasteiger partial charge in [-0.3, -0.25) is 4.90 Å². The van der Waals surface area contributed by atoms with Gasteiger partial charge >= 0.3 is 0 Å². The van der Waals surface area contributed by atoms with Crippen LogP contribution in [0.2, 0.25) is 5.02 Å². The molecule has 0 bridgehead atoms. The highest BCUT2D eigenvalue weighted by Crippen LogP contribution is 2.29. The Balaban J connectivity index is 1.71. The molecule has 2 aromatic rings. The van der Waals surface area contributed by atoms with Crippen LogP contribution in [0.15, 0.2) is 23.6 Å². The van der Waals surface area contributed by atoms with Crippen molar-refractivity contribution in [1.82, 2.24) is 14.5 Å². The highest BCUT2D eigenvalue weighted by atomic mass is 35.5. The van der Waals surface area contributed by atoms with Gasteiger partial charge in [-0.2, -0.15) is 0 Å². The van der Waals surface area contributed by atoms with E-state index in [2.05, 4.69) is 14.5 Å². The van der Waals surface area contributed by atoms with Crippen molar-refractivity contribution in [3.8, 4) is 0 Å². The first-order valence-electron chi connectivity index (χ1n) is 6.27. The van der Waals surface area contributed by atoms with Gasteiger partial charge in [0.25, 0.3) is 0 Å². The predicted molar refractivity (Wildman–Crippen MR) is 75.3 cm³/mol. The van der Waals surface area contributed by atoms with E-state index in [4.69, 9.17) is 16.3 Å². The summed E-state index contributed by atoms with van der Waals surface area (Å²) >= 11 is 7.44. The van der Waals surface area contributed by atoms with Crippen molar-refractivity contribution >= 4 is 23.1 Å². The molecule has 7 heteroatoms. The van der Waals surface area contributed by atoms with Gasteiger partial charge in [0, 0.05) is 35.6 Å². The summed E-state index contributed by atoms with van der Waals surface area (Å²) in [4.78, 5) is 2.24. The Labute approximate surface area is 125 Å². The average molecular weight is 314 g/mol. The summed E-state index contributed by atoms with van der Waals surface area (Å²) < 4.78 is 22.7. The maximum Gasteiger partial charge on any atom is 0.124 e. The fourth-order valence-corrected chi connectivity index (χ4v) is 3.01. The van der Waals surface area contributed by atoms with Crippen LogP contribution < -0.4 is 0 Å². The lowest BCUT2D eigenvalue weighted by Crippen LogP contribution is -2.38. The SMILES string of the molecule is Fc1ccc([C@H]2CN(Cc3csnn3)CCO2)c(Cl)c1. The Morgan fingerprint density at radius 1 is 1.50 bits per heavy atom. The summed E-state index contributed by atoms with van der Waals surface area (Å²) in [5.41, 5.74) is 1.79. The third-order valence-corrected chi connectivity index (χ3v) is 4.13. The highest BCUT2D eigenvalue weighted by molar-refractivity contribution is 7.03. The van der Waals surface area contributed by atoms with Crippen LogP contribution in [0.5, 0.6) is 0 Å². The Hall–Kier alpha value is -1.08. The molecular weight excluding hydrogens is 301 g/mol. The van der Waals surface area contributed by atoms with Gasteiger partial charge in [-0.15, -0.1) is 5.10 Å². The van der Waals surface area contributed by atoms with Crippen LogP contribution >= 0.6 is 23.1 Å². The van der Waals surface area contributed by atoms with Crippen molar-refractivity contribution in [3.63, 3.8) is 0 Å². The highest BCUT2D eigenvalue weighted by Gasteiger charge is 2.24. The number of halogens is 2. The summed E-state index contributed by atoms with van der Waals surface area (Å²) in [5.74, 6) is -0.333. The first-order valence-corrected chi connectivity index (χ1v) is 7.48. The van der Waals surface area contributed by atoms with Crippen LogP contribution in [0.3, 0.4) is 0 Å². The molecule has 0 spiro atoms. The first-order chi connectivity index (χ1) is 9.72. The summed E-state index contributed by atoms with van der Waals surface area (Å²) in [6, 6.07) is 4.42. The van der Waals surface area contributed by atoms with Crippen LogP contribution in [0.4, 0.5) is 4.39 Å². The lowest BCUT2D eigenvalue weighted by atomic mass is 10.1. The van der Waals surface area contributed by atoms with Gasteiger partial charge in [-0.25, -0.2) is 4.39 Å². The molecule has 3 rings (SSSR count). The monoisotopic (exact) mass is 313 g/mol. The molecule has 0 amide bonds. The van der Waals surface area contributed by atoms with Crippen molar-refractivity contribution in [2.75, 3.05) is 19.7 Å². The Morgan fingerprint density at radius 2 is 2.40 bits per heavy atom. The van der Waals surface area contributed by atoms with Gasteiger partial charge in [0.05, 0.1) is 18.4 Å². The standard InChI is InChI=1S/C13H13ClFN3OS/c14-12-5-9(15)1-2-11(12)13-7-18(3-4-19-13)6-10-8-20-17-16-10/h1-2,5,8,13H,3-4,6-7H2/t13-/m1/s1. The third-order valence-electron chi connectivity index (χ3n) is 3.25. The van der Waals surface area contributed by atoms with Gasteiger partial charge in [-0.1, -0.05) is 22.2 Å². The van der Waals surface area contributed by atoms with E-state index < -0.39 is 0 Å². The fourth-order valence-electron chi connectivity index (χ4n) is 2.28.